The molecule has 0 saturated carbocycles. The van der Waals surface area contributed by atoms with Crippen LogP contribution < -0.4 is 4.74 Å². The molecular formula is C16H16F2O. The highest BCUT2D eigenvalue weighted by Gasteiger charge is 2.13. The molecule has 0 bridgehead atoms. The second kappa shape index (κ2) is 6.32. The van der Waals surface area contributed by atoms with Gasteiger partial charge < -0.3 is 4.74 Å². The quantitative estimate of drug-likeness (QED) is 0.768. The molecule has 0 saturated heterocycles. The summed E-state index contributed by atoms with van der Waals surface area (Å²) >= 11 is 0. The molecule has 0 aliphatic carbocycles. The largest absolute Gasteiger partial charge is 0.490 e. The van der Waals surface area contributed by atoms with Crippen molar-refractivity contribution < 1.29 is 13.5 Å². The number of hydrogen-bond donors (Lipinski definition) is 0. The van der Waals surface area contributed by atoms with E-state index >= 15 is 0 Å². The molecule has 0 spiro atoms. The Kier molecular flexibility index (Phi) is 4.50. The second-order valence-corrected chi connectivity index (χ2v) is 4.38. The molecule has 0 fully saturated rings. The van der Waals surface area contributed by atoms with Crippen LogP contribution >= 0.6 is 0 Å². The van der Waals surface area contributed by atoms with Crippen molar-refractivity contribution in [3.8, 4) is 5.75 Å². The first kappa shape index (κ1) is 13.5. The highest BCUT2D eigenvalue weighted by atomic mass is 19.2. The average Bonchev–Trinajstić information content (AvgIpc) is 2.45. The van der Waals surface area contributed by atoms with E-state index < -0.39 is 11.6 Å². The standard InChI is InChI=1S/C16H16F2O/c1-2-12(13-7-4-3-5-8-13)11-19-15-10-6-9-14(17)16(15)18/h3-10,12H,2,11H2,1H3. The van der Waals surface area contributed by atoms with E-state index in [1.54, 1.807) is 0 Å². The Morgan fingerprint density at radius 1 is 1.00 bits per heavy atom. The topological polar surface area (TPSA) is 9.23 Å². The van der Waals surface area contributed by atoms with Gasteiger partial charge in [0.05, 0.1) is 6.61 Å². The van der Waals surface area contributed by atoms with Gasteiger partial charge in [-0.3, -0.25) is 0 Å². The predicted octanol–water partition coefficient (Wildman–Crippen LogP) is 4.54. The summed E-state index contributed by atoms with van der Waals surface area (Å²) in [5, 5.41) is 0. The first-order valence-corrected chi connectivity index (χ1v) is 6.34. The van der Waals surface area contributed by atoms with Crippen molar-refractivity contribution in [3.63, 3.8) is 0 Å². The lowest BCUT2D eigenvalue weighted by molar-refractivity contribution is 0.268. The van der Waals surface area contributed by atoms with Gasteiger partial charge in [-0.15, -0.1) is 0 Å². The normalized spacial score (nSPS) is 12.2. The van der Waals surface area contributed by atoms with E-state index in [-0.39, 0.29) is 11.7 Å². The third-order valence-corrected chi connectivity index (χ3v) is 3.12. The summed E-state index contributed by atoms with van der Waals surface area (Å²) in [4.78, 5) is 0. The third kappa shape index (κ3) is 3.31. The van der Waals surface area contributed by atoms with Gasteiger partial charge in [-0.2, -0.15) is 4.39 Å². The zero-order valence-corrected chi connectivity index (χ0v) is 10.8. The fourth-order valence-corrected chi connectivity index (χ4v) is 1.96. The maximum absolute atomic E-state index is 13.5. The van der Waals surface area contributed by atoms with Crippen molar-refractivity contribution in [2.45, 2.75) is 19.3 Å². The van der Waals surface area contributed by atoms with Gasteiger partial charge in [-0.25, -0.2) is 4.39 Å². The number of benzene rings is 2. The maximum atomic E-state index is 13.5. The smallest absolute Gasteiger partial charge is 0.200 e. The van der Waals surface area contributed by atoms with Gasteiger partial charge in [-0.05, 0) is 24.1 Å². The van der Waals surface area contributed by atoms with Crippen LogP contribution in [-0.2, 0) is 0 Å². The van der Waals surface area contributed by atoms with Crippen LogP contribution in [0.4, 0.5) is 8.78 Å². The van der Waals surface area contributed by atoms with Crippen molar-refractivity contribution in [1.82, 2.24) is 0 Å². The highest BCUT2D eigenvalue weighted by Crippen LogP contribution is 2.24. The minimum absolute atomic E-state index is 0.0330. The van der Waals surface area contributed by atoms with Gasteiger partial charge in [0.2, 0.25) is 5.82 Å². The Bertz CT molecular complexity index is 526. The molecule has 0 aliphatic rings. The van der Waals surface area contributed by atoms with Gasteiger partial charge in [0, 0.05) is 5.92 Å². The van der Waals surface area contributed by atoms with Gasteiger partial charge in [0.1, 0.15) is 0 Å². The molecule has 0 aromatic heterocycles. The molecule has 0 N–H and O–H groups in total. The number of halogens is 2. The molecule has 0 aliphatic heterocycles. The van der Waals surface area contributed by atoms with Crippen LogP contribution in [0.1, 0.15) is 24.8 Å². The summed E-state index contributed by atoms with van der Waals surface area (Å²) in [5.41, 5.74) is 1.14. The van der Waals surface area contributed by atoms with Crippen LogP contribution in [0.15, 0.2) is 48.5 Å². The summed E-state index contributed by atoms with van der Waals surface area (Å²) in [6.45, 7) is 2.38. The number of hydrogen-bond acceptors (Lipinski definition) is 1. The first-order valence-electron chi connectivity index (χ1n) is 6.34. The summed E-state index contributed by atoms with van der Waals surface area (Å²) in [5.74, 6) is -1.67. The van der Waals surface area contributed by atoms with Crippen LogP contribution in [0.3, 0.4) is 0 Å². The predicted molar refractivity (Wildman–Crippen MR) is 71.3 cm³/mol. The van der Waals surface area contributed by atoms with E-state index in [1.807, 2.05) is 37.3 Å². The minimum Gasteiger partial charge on any atom is -0.490 e. The average molecular weight is 262 g/mol. The third-order valence-electron chi connectivity index (χ3n) is 3.12. The molecule has 2 aromatic rings. The number of rotatable bonds is 5. The molecule has 2 rings (SSSR count). The first-order chi connectivity index (χ1) is 9.22. The summed E-state index contributed by atoms with van der Waals surface area (Å²) in [6.07, 6.45) is 0.876. The van der Waals surface area contributed by atoms with Crippen molar-refractivity contribution in [2.75, 3.05) is 6.61 Å². The maximum Gasteiger partial charge on any atom is 0.200 e. The molecule has 19 heavy (non-hydrogen) atoms. The molecule has 0 radical (unpaired) electrons. The summed E-state index contributed by atoms with van der Waals surface area (Å²) in [7, 11) is 0. The van der Waals surface area contributed by atoms with Crippen LogP contribution in [0.5, 0.6) is 5.75 Å². The van der Waals surface area contributed by atoms with Crippen molar-refractivity contribution >= 4 is 0 Å². The Morgan fingerprint density at radius 2 is 1.74 bits per heavy atom. The van der Waals surface area contributed by atoms with Crippen molar-refractivity contribution in [3.05, 3.63) is 65.7 Å². The minimum atomic E-state index is -0.926. The fourth-order valence-electron chi connectivity index (χ4n) is 1.96. The summed E-state index contributed by atoms with van der Waals surface area (Å²) in [6, 6.07) is 13.9. The SMILES string of the molecule is CCC(COc1cccc(F)c1F)c1ccccc1. The molecule has 0 heterocycles. The molecule has 2 aromatic carbocycles. The Balaban J connectivity index is 2.06. The molecule has 3 heteroatoms. The second-order valence-electron chi connectivity index (χ2n) is 4.38. The lowest BCUT2D eigenvalue weighted by Crippen LogP contribution is -2.10. The van der Waals surface area contributed by atoms with Gasteiger partial charge in [0.15, 0.2) is 11.6 Å². The lowest BCUT2D eigenvalue weighted by atomic mass is 9.98. The molecular weight excluding hydrogens is 246 g/mol. The number of ether oxygens (including phenoxy) is 1. The monoisotopic (exact) mass is 262 g/mol. The van der Waals surface area contributed by atoms with Gasteiger partial charge >= 0.3 is 0 Å². The van der Waals surface area contributed by atoms with Crippen LogP contribution in [0, 0.1) is 11.6 Å². The molecule has 0 amide bonds. The van der Waals surface area contributed by atoms with E-state index in [1.165, 1.54) is 12.1 Å². The lowest BCUT2D eigenvalue weighted by Gasteiger charge is -2.16. The van der Waals surface area contributed by atoms with Crippen LogP contribution in [0.2, 0.25) is 0 Å². The van der Waals surface area contributed by atoms with Crippen molar-refractivity contribution in [1.29, 1.82) is 0 Å². The van der Waals surface area contributed by atoms with E-state index in [0.717, 1.165) is 18.1 Å². The van der Waals surface area contributed by atoms with E-state index in [0.29, 0.717) is 6.61 Å². The van der Waals surface area contributed by atoms with Crippen molar-refractivity contribution in [2.24, 2.45) is 0 Å². The van der Waals surface area contributed by atoms with E-state index in [4.69, 9.17) is 4.74 Å². The molecule has 1 atom stereocenters. The summed E-state index contributed by atoms with van der Waals surface area (Å²) < 4.78 is 31.9. The molecule has 100 valence electrons. The Hall–Kier alpha value is -1.90. The zero-order chi connectivity index (χ0) is 13.7. The fraction of sp³-hybridized carbons (Fsp3) is 0.250. The van der Waals surface area contributed by atoms with E-state index in [9.17, 15) is 8.78 Å². The zero-order valence-electron chi connectivity index (χ0n) is 10.8. The van der Waals surface area contributed by atoms with Gasteiger partial charge in [-0.1, -0.05) is 43.3 Å². The van der Waals surface area contributed by atoms with Crippen LogP contribution in [-0.4, -0.2) is 6.61 Å². The van der Waals surface area contributed by atoms with Crippen LogP contribution in [0.25, 0.3) is 0 Å². The van der Waals surface area contributed by atoms with E-state index in [2.05, 4.69) is 0 Å². The molecule has 1 unspecified atom stereocenters. The Labute approximate surface area is 111 Å². The Morgan fingerprint density at radius 3 is 2.42 bits per heavy atom. The highest BCUT2D eigenvalue weighted by molar-refractivity contribution is 5.26. The molecule has 1 nitrogen and oxygen atoms in total. The van der Waals surface area contributed by atoms with Gasteiger partial charge in [0.25, 0.3) is 0 Å².